The van der Waals surface area contributed by atoms with Crippen molar-refractivity contribution < 1.29 is 8.42 Å². The van der Waals surface area contributed by atoms with Crippen molar-refractivity contribution in [2.75, 3.05) is 4.72 Å². The maximum absolute atomic E-state index is 12.1. The van der Waals surface area contributed by atoms with Crippen molar-refractivity contribution in [3.8, 4) is 0 Å². The number of nitrogens with one attached hydrogen (secondary N) is 2. The van der Waals surface area contributed by atoms with Gasteiger partial charge < -0.3 is 0 Å². The molecule has 0 unspecified atom stereocenters. The molecule has 7 heteroatoms. The minimum Gasteiger partial charge on any atom is -0.292 e. The molecule has 0 fully saturated rings. The molecule has 2 aromatic rings. The lowest BCUT2D eigenvalue weighted by Gasteiger charge is -2.09. The summed E-state index contributed by atoms with van der Waals surface area (Å²) in [6.45, 7) is 3.52. The van der Waals surface area contributed by atoms with Crippen LogP contribution in [0, 0.1) is 6.92 Å². The van der Waals surface area contributed by atoms with Crippen molar-refractivity contribution in [3.05, 3.63) is 51.9 Å². The van der Waals surface area contributed by atoms with Gasteiger partial charge in [-0.25, -0.2) is 18.1 Å². The Hall–Kier alpha value is -2.15. The topological polar surface area (TPSA) is 91.9 Å². The van der Waals surface area contributed by atoms with Gasteiger partial charge in [0.05, 0.1) is 4.90 Å². The predicted molar refractivity (Wildman–Crippen MR) is 76.2 cm³/mol. The highest BCUT2D eigenvalue weighted by Gasteiger charge is 2.16. The number of aryl methyl sites for hydroxylation is 1. The van der Waals surface area contributed by atoms with Crippen LogP contribution in [0.4, 0.5) is 5.95 Å². The van der Waals surface area contributed by atoms with Crippen molar-refractivity contribution in [1.29, 1.82) is 0 Å². The van der Waals surface area contributed by atoms with Crippen LogP contribution in [-0.4, -0.2) is 18.4 Å². The molecule has 0 saturated heterocycles. The first-order chi connectivity index (χ1) is 9.44. The molecular weight excluding hydrogens is 278 g/mol. The summed E-state index contributed by atoms with van der Waals surface area (Å²) in [6, 6.07) is 7.90. The maximum Gasteiger partial charge on any atom is 0.264 e. The number of hydrogen-bond donors (Lipinski definition) is 2. The summed E-state index contributed by atoms with van der Waals surface area (Å²) in [5, 5.41) is 0. The fourth-order valence-corrected chi connectivity index (χ4v) is 2.85. The molecule has 0 aliphatic carbocycles. The summed E-state index contributed by atoms with van der Waals surface area (Å²) in [4.78, 5) is 18.4. The van der Waals surface area contributed by atoms with Gasteiger partial charge in [-0.15, -0.1) is 0 Å². The van der Waals surface area contributed by atoms with Gasteiger partial charge in [0.15, 0.2) is 0 Å². The predicted octanol–water partition coefficient (Wildman–Crippen LogP) is 1.44. The Bertz CT molecular complexity index is 767. The molecule has 2 rings (SSSR count). The SMILES string of the molecule is CCc1c(C)nc(NS(=O)(=O)c2ccccc2)[nH]c1=O. The minimum atomic E-state index is -3.75. The fraction of sp³-hybridized carbons (Fsp3) is 0.231. The molecule has 0 spiro atoms. The third-order valence-corrected chi connectivity index (χ3v) is 4.22. The Balaban J connectivity index is 2.38. The minimum absolute atomic E-state index is 0.0754. The van der Waals surface area contributed by atoms with Crippen LogP contribution in [0.25, 0.3) is 0 Å². The largest absolute Gasteiger partial charge is 0.292 e. The second-order valence-electron chi connectivity index (χ2n) is 4.25. The van der Waals surface area contributed by atoms with E-state index >= 15 is 0 Å². The van der Waals surface area contributed by atoms with E-state index in [2.05, 4.69) is 14.7 Å². The molecule has 0 saturated carbocycles. The number of aromatic nitrogens is 2. The van der Waals surface area contributed by atoms with Gasteiger partial charge in [-0.2, -0.15) is 0 Å². The highest BCUT2D eigenvalue weighted by atomic mass is 32.2. The van der Waals surface area contributed by atoms with E-state index in [0.717, 1.165) is 0 Å². The van der Waals surface area contributed by atoms with Gasteiger partial charge in [0.2, 0.25) is 5.95 Å². The molecule has 2 N–H and O–H groups in total. The lowest BCUT2D eigenvalue weighted by Crippen LogP contribution is -2.22. The Morgan fingerprint density at radius 2 is 1.90 bits per heavy atom. The van der Waals surface area contributed by atoms with E-state index in [-0.39, 0.29) is 16.4 Å². The number of aromatic amines is 1. The van der Waals surface area contributed by atoms with E-state index in [4.69, 9.17) is 0 Å². The highest BCUT2D eigenvalue weighted by Crippen LogP contribution is 2.12. The molecule has 0 bridgehead atoms. The van der Waals surface area contributed by atoms with Crippen LogP contribution >= 0.6 is 0 Å². The lowest BCUT2D eigenvalue weighted by molar-refractivity contribution is 0.600. The number of sulfonamides is 1. The zero-order valence-corrected chi connectivity index (χ0v) is 12.0. The van der Waals surface area contributed by atoms with Gasteiger partial charge in [-0.05, 0) is 25.5 Å². The Morgan fingerprint density at radius 3 is 2.45 bits per heavy atom. The molecule has 0 radical (unpaired) electrons. The monoisotopic (exact) mass is 293 g/mol. The third-order valence-electron chi connectivity index (χ3n) is 2.86. The first kappa shape index (κ1) is 14.3. The summed E-state index contributed by atoms with van der Waals surface area (Å²) >= 11 is 0. The number of hydrogen-bond acceptors (Lipinski definition) is 4. The van der Waals surface area contributed by atoms with Crippen molar-refractivity contribution in [2.24, 2.45) is 0 Å². The van der Waals surface area contributed by atoms with Gasteiger partial charge in [-0.1, -0.05) is 25.1 Å². The fourth-order valence-electron chi connectivity index (χ4n) is 1.86. The van der Waals surface area contributed by atoms with Gasteiger partial charge in [0.25, 0.3) is 15.6 Å². The van der Waals surface area contributed by atoms with E-state index in [0.29, 0.717) is 17.7 Å². The van der Waals surface area contributed by atoms with Crippen molar-refractivity contribution in [3.63, 3.8) is 0 Å². The third kappa shape index (κ3) is 2.88. The zero-order valence-electron chi connectivity index (χ0n) is 11.2. The molecule has 1 aromatic carbocycles. The average Bonchev–Trinajstić information content (AvgIpc) is 2.39. The summed E-state index contributed by atoms with van der Waals surface area (Å²) in [5.41, 5.74) is 0.737. The van der Waals surface area contributed by atoms with E-state index in [1.807, 2.05) is 6.92 Å². The van der Waals surface area contributed by atoms with Crippen LogP contribution in [0.1, 0.15) is 18.2 Å². The molecule has 0 atom stereocenters. The molecule has 106 valence electrons. The molecule has 6 nitrogen and oxygen atoms in total. The highest BCUT2D eigenvalue weighted by molar-refractivity contribution is 7.92. The van der Waals surface area contributed by atoms with E-state index in [9.17, 15) is 13.2 Å². The molecule has 0 aliphatic heterocycles. The van der Waals surface area contributed by atoms with Crippen molar-refractivity contribution in [2.45, 2.75) is 25.2 Å². The van der Waals surface area contributed by atoms with E-state index < -0.39 is 10.0 Å². The smallest absolute Gasteiger partial charge is 0.264 e. The molecule has 1 aromatic heterocycles. The number of rotatable bonds is 4. The number of H-pyrrole nitrogens is 1. The Morgan fingerprint density at radius 1 is 1.25 bits per heavy atom. The standard InChI is InChI=1S/C13H15N3O3S/c1-3-11-9(2)14-13(15-12(11)17)16-20(18,19)10-7-5-4-6-8-10/h4-8H,3H2,1-2H3,(H2,14,15,16,17). The van der Waals surface area contributed by atoms with Crippen LogP contribution in [0.3, 0.4) is 0 Å². The van der Waals surface area contributed by atoms with Gasteiger partial charge in [0, 0.05) is 11.3 Å². The normalized spacial score (nSPS) is 11.3. The van der Waals surface area contributed by atoms with Crippen LogP contribution in [0.5, 0.6) is 0 Å². The summed E-state index contributed by atoms with van der Waals surface area (Å²) < 4.78 is 26.5. The number of benzene rings is 1. The summed E-state index contributed by atoms with van der Waals surface area (Å²) in [5.74, 6) is -0.0754. The van der Waals surface area contributed by atoms with Crippen LogP contribution in [0.2, 0.25) is 0 Å². The zero-order chi connectivity index (χ0) is 14.8. The molecule has 20 heavy (non-hydrogen) atoms. The summed E-state index contributed by atoms with van der Waals surface area (Å²) in [6.07, 6.45) is 0.542. The van der Waals surface area contributed by atoms with Crippen LogP contribution < -0.4 is 10.3 Å². The van der Waals surface area contributed by atoms with Crippen molar-refractivity contribution >= 4 is 16.0 Å². The second kappa shape index (κ2) is 5.46. The molecule has 1 heterocycles. The first-order valence-corrected chi connectivity index (χ1v) is 7.60. The lowest BCUT2D eigenvalue weighted by atomic mass is 10.2. The van der Waals surface area contributed by atoms with Gasteiger partial charge in [0.1, 0.15) is 0 Å². The Labute approximate surface area is 116 Å². The second-order valence-corrected chi connectivity index (χ2v) is 5.93. The van der Waals surface area contributed by atoms with Gasteiger partial charge in [-0.3, -0.25) is 9.78 Å². The Kier molecular flexibility index (Phi) is 3.89. The molecule has 0 aliphatic rings. The van der Waals surface area contributed by atoms with E-state index in [1.165, 1.54) is 12.1 Å². The van der Waals surface area contributed by atoms with Gasteiger partial charge >= 0.3 is 0 Å². The summed E-state index contributed by atoms with van der Waals surface area (Å²) in [7, 11) is -3.75. The van der Waals surface area contributed by atoms with Crippen LogP contribution in [0.15, 0.2) is 40.0 Å². The first-order valence-electron chi connectivity index (χ1n) is 6.11. The number of nitrogens with zero attached hydrogens (tertiary/aromatic N) is 1. The molecular formula is C13H15N3O3S. The van der Waals surface area contributed by atoms with E-state index in [1.54, 1.807) is 25.1 Å². The number of anilines is 1. The van der Waals surface area contributed by atoms with Crippen molar-refractivity contribution in [1.82, 2.24) is 9.97 Å². The quantitative estimate of drug-likeness (QED) is 0.892. The average molecular weight is 293 g/mol. The van der Waals surface area contributed by atoms with Crippen LogP contribution in [-0.2, 0) is 16.4 Å². The molecule has 0 amide bonds. The maximum atomic E-state index is 12.1.